The molecule has 10 nitrogen and oxygen atoms in total. The number of carboxylic acid groups (broad SMARTS) is 1. The van der Waals surface area contributed by atoms with Gasteiger partial charge in [-0.1, -0.05) is 83.1 Å². The van der Waals surface area contributed by atoms with E-state index in [2.05, 4.69) is 19.2 Å². The summed E-state index contributed by atoms with van der Waals surface area (Å²) in [7, 11) is 2.59. The Kier molecular flexibility index (Phi) is 22.1. The molecule has 0 heterocycles. The van der Waals surface area contributed by atoms with Gasteiger partial charge in [-0.15, -0.1) is 0 Å². The second kappa shape index (κ2) is 24.9. The van der Waals surface area contributed by atoms with Crippen LogP contribution in [-0.4, -0.2) is 72.9 Å². The van der Waals surface area contributed by atoms with Crippen molar-refractivity contribution in [1.82, 2.24) is 5.32 Å². The predicted molar refractivity (Wildman–Crippen MR) is 182 cm³/mol. The van der Waals surface area contributed by atoms with Crippen molar-refractivity contribution in [3.8, 4) is 5.75 Å². The zero-order valence-electron chi connectivity index (χ0n) is 29.1. The van der Waals surface area contributed by atoms with E-state index in [0.29, 0.717) is 37.4 Å². The normalized spacial score (nSPS) is 13.9. The van der Waals surface area contributed by atoms with Crippen LogP contribution in [0.3, 0.4) is 0 Å². The lowest BCUT2D eigenvalue weighted by atomic mass is 9.83. The molecule has 3 atom stereocenters. The summed E-state index contributed by atoms with van der Waals surface area (Å²) >= 11 is 0. The average molecular weight is 662 g/mol. The van der Waals surface area contributed by atoms with Crippen molar-refractivity contribution in [1.29, 1.82) is 0 Å². The molecular formula is C37H59NO9. The number of hydrogen-bond donors (Lipinski definition) is 3. The van der Waals surface area contributed by atoms with E-state index < -0.39 is 35.4 Å². The minimum absolute atomic E-state index is 0.0923. The number of carbonyl (C=O) groups excluding carboxylic acids is 3. The van der Waals surface area contributed by atoms with Crippen LogP contribution in [0.25, 0.3) is 0 Å². The number of esters is 1. The van der Waals surface area contributed by atoms with Crippen LogP contribution < -0.4 is 10.1 Å². The Hall–Kier alpha value is -3.24. The molecule has 0 aliphatic carbocycles. The van der Waals surface area contributed by atoms with Gasteiger partial charge in [-0.25, -0.2) is 9.59 Å². The van der Waals surface area contributed by atoms with E-state index in [4.69, 9.17) is 14.2 Å². The molecule has 1 rings (SSSR count). The summed E-state index contributed by atoms with van der Waals surface area (Å²) in [6.45, 7) is 4.76. The van der Waals surface area contributed by atoms with Crippen LogP contribution in [0.5, 0.6) is 5.75 Å². The Morgan fingerprint density at radius 3 is 2.04 bits per heavy atom. The molecule has 0 saturated carbocycles. The molecule has 10 heteroatoms. The number of unbranched alkanes of at least 4 members (excludes halogenated alkanes) is 9. The molecule has 0 aliphatic heterocycles. The van der Waals surface area contributed by atoms with Gasteiger partial charge in [-0.2, -0.15) is 0 Å². The van der Waals surface area contributed by atoms with E-state index >= 15 is 0 Å². The SMILES string of the molecule is CCCCCCCC(=O)CCCCCCC=CC(C(=O)N[C@@H](Cc1ccc(OCCCC)cc1)C(=O)OC)C(O)(CCOC)C(=O)O. The van der Waals surface area contributed by atoms with Crippen molar-refractivity contribution < 1.29 is 43.6 Å². The molecule has 1 amide bonds. The van der Waals surface area contributed by atoms with Gasteiger partial charge in [-0.3, -0.25) is 9.59 Å². The number of ether oxygens (including phenoxy) is 3. The van der Waals surface area contributed by atoms with E-state index in [1.807, 2.05) is 0 Å². The number of ketones is 1. The molecule has 2 unspecified atom stereocenters. The molecule has 0 aliphatic rings. The minimum atomic E-state index is -2.47. The lowest BCUT2D eigenvalue weighted by Gasteiger charge is -2.30. The van der Waals surface area contributed by atoms with Crippen LogP contribution in [0.2, 0.25) is 0 Å². The fourth-order valence-corrected chi connectivity index (χ4v) is 5.23. The molecule has 0 saturated heterocycles. The first kappa shape index (κ1) is 41.8. The van der Waals surface area contributed by atoms with Crippen LogP contribution in [0.15, 0.2) is 36.4 Å². The molecule has 3 N–H and O–H groups in total. The Balaban J connectivity index is 2.85. The Labute approximate surface area is 281 Å². The first-order valence-corrected chi connectivity index (χ1v) is 17.4. The van der Waals surface area contributed by atoms with Crippen molar-refractivity contribution in [2.75, 3.05) is 27.4 Å². The summed E-state index contributed by atoms with van der Waals surface area (Å²) in [5.41, 5.74) is -1.73. The standard InChI is InChI=1S/C37H59NO9/c1-5-7-9-12-15-18-30(39)19-16-13-10-11-14-17-20-32(37(44,36(42)43)25-27-45-3)34(40)38-33(35(41)46-4)28-29-21-23-31(24-22-29)47-26-8-6-2/h17,20-24,32-33,44H,5-16,18-19,25-28H2,1-4H3,(H,38,40)(H,42,43)/t32?,33-,37?/m0/s1. The first-order valence-electron chi connectivity index (χ1n) is 17.4. The quantitative estimate of drug-likeness (QED) is 0.0530. The number of aliphatic carboxylic acids is 1. The van der Waals surface area contributed by atoms with Crippen LogP contribution in [0, 0.1) is 5.92 Å². The van der Waals surface area contributed by atoms with E-state index in [1.54, 1.807) is 30.3 Å². The van der Waals surface area contributed by atoms with E-state index in [1.165, 1.54) is 39.6 Å². The third-order valence-corrected chi connectivity index (χ3v) is 8.25. The van der Waals surface area contributed by atoms with Gasteiger partial charge in [-0.05, 0) is 49.8 Å². The summed E-state index contributed by atoms with van der Waals surface area (Å²) in [6.07, 6.45) is 15.7. The molecule has 1 aromatic rings. The Morgan fingerprint density at radius 2 is 1.47 bits per heavy atom. The lowest BCUT2D eigenvalue weighted by molar-refractivity contribution is -0.169. The fraction of sp³-hybridized carbons (Fsp3) is 0.676. The number of hydrogen-bond acceptors (Lipinski definition) is 8. The zero-order valence-corrected chi connectivity index (χ0v) is 29.1. The Bertz CT molecular complexity index is 1070. The molecule has 0 bridgehead atoms. The van der Waals surface area contributed by atoms with Gasteiger partial charge in [0.15, 0.2) is 5.60 Å². The van der Waals surface area contributed by atoms with Gasteiger partial charge in [0.2, 0.25) is 5.91 Å². The third-order valence-electron chi connectivity index (χ3n) is 8.25. The van der Waals surface area contributed by atoms with E-state index in [9.17, 15) is 29.4 Å². The van der Waals surface area contributed by atoms with Crippen LogP contribution in [0.1, 0.15) is 116 Å². The molecule has 0 spiro atoms. The van der Waals surface area contributed by atoms with Crippen molar-refractivity contribution in [2.24, 2.45) is 5.92 Å². The molecule has 266 valence electrons. The number of Topliss-reactive ketones (excluding diaryl/α,β-unsaturated/α-hetero) is 1. The monoisotopic (exact) mass is 661 g/mol. The highest BCUT2D eigenvalue weighted by Crippen LogP contribution is 2.26. The number of methoxy groups -OCH3 is 2. The summed E-state index contributed by atoms with van der Waals surface area (Å²) in [4.78, 5) is 50.7. The van der Waals surface area contributed by atoms with Crippen molar-refractivity contribution in [3.05, 3.63) is 42.0 Å². The maximum Gasteiger partial charge on any atom is 0.336 e. The van der Waals surface area contributed by atoms with Crippen molar-refractivity contribution >= 4 is 23.6 Å². The first-order chi connectivity index (χ1) is 22.6. The van der Waals surface area contributed by atoms with E-state index in [-0.39, 0.29) is 19.4 Å². The number of carbonyl (C=O) groups is 4. The molecule has 1 aromatic carbocycles. The maximum atomic E-state index is 13.6. The maximum absolute atomic E-state index is 13.6. The van der Waals surface area contributed by atoms with Gasteiger partial charge < -0.3 is 29.7 Å². The van der Waals surface area contributed by atoms with Gasteiger partial charge in [0.25, 0.3) is 0 Å². The highest BCUT2D eigenvalue weighted by atomic mass is 16.5. The lowest BCUT2D eigenvalue weighted by Crippen LogP contribution is -2.55. The summed E-state index contributed by atoms with van der Waals surface area (Å²) < 4.78 is 15.6. The van der Waals surface area contributed by atoms with Crippen molar-refractivity contribution in [2.45, 2.75) is 128 Å². The third kappa shape index (κ3) is 16.9. The number of carboxylic acids is 1. The van der Waals surface area contributed by atoms with Gasteiger partial charge >= 0.3 is 11.9 Å². The van der Waals surface area contributed by atoms with Gasteiger partial charge in [0.05, 0.1) is 19.6 Å². The number of benzene rings is 1. The second-order valence-corrected chi connectivity index (χ2v) is 12.2. The Morgan fingerprint density at radius 1 is 0.851 bits per heavy atom. The highest BCUT2D eigenvalue weighted by Gasteiger charge is 2.47. The smallest absolute Gasteiger partial charge is 0.336 e. The molecule has 47 heavy (non-hydrogen) atoms. The molecule has 0 aromatic heterocycles. The topological polar surface area (TPSA) is 148 Å². The van der Waals surface area contributed by atoms with Crippen LogP contribution in [0.4, 0.5) is 0 Å². The second-order valence-electron chi connectivity index (χ2n) is 12.2. The number of rotatable bonds is 28. The zero-order chi connectivity index (χ0) is 34.9. The van der Waals surface area contributed by atoms with Gasteiger partial charge in [0.1, 0.15) is 17.6 Å². The van der Waals surface area contributed by atoms with Crippen LogP contribution in [-0.2, 0) is 35.1 Å². The van der Waals surface area contributed by atoms with Crippen LogP contribution >= 0.6 is 0 Å². The summed E-state index contributed by atoms with van der Waals surface area (Å²) in [6, 6.07) is 6.03. The highest BCUT2D eigenvalue weighted by molar-refractivity contribution is 5.92. The number of nitrogens with one attached hydrogen (secondary N) is 1. The molecular weight excluding hydrogens is 602 g/mol. The summed E-state index contributed by atoms with van der Waals surface area (Å²) in [5, 5.41) is 23.9. The van der Waals surface area contributed by atoms with Gasteiger partial charge in [0, 0.05) is 39.4 Å². The fourth-order valence-electron chi connectivity index (χ4n) is 5.23. The minimum Gasteiger partial charge on any atom is -0.494 e. The van der Waals surface area contributed by atoms with Crippen molar-refractivity contribution in [3.63, 3.8) is 0 Å². The number of aliphatic hydroxyl groups is 1. The average Bonchev–Trinajstić information content (AvgIpc) is 3.06. The summed E-state index contributed by atoms with van der Waals surface area (Å²) in [5.74, 6) is -3.56. The van der Waals surface area contributed by atoms with E-state index in [0.717, 1.165) is 56.9 Å². The number of allylic oxidation sites excluding steroid dienone is 1. The number of amides is 1. The molecule has 0 fully saturated rings. The largest absolute Gasteiger partial charge is 0.494 e. The predicted octanol–water partition coefficient (Wildman–Crippen LogP) is 6.36. The molecule has 0 radical (unpaired) electrons.